The van der Waals surface area contributed by atoms with Crippen LogP contribution in [0.4, 0.5) is 5.69 Å². The lowest BCUT2D eigenvalue weighted by atomic mass is 10.2. The van der Waals surface area contributed by atoms with Gasteiger partial charge in [0, 0.05) is 18.6 Å². The Hall–Kier alpha value is -1.87. The highest BCUT2D eigenvalue weighted by molar-refractivity contribution is 5.85. The van der Waals surface area contributed by atoms with Crippen LogP contribution in [0.3, 0.4) is 0 Å². The van der Waals surface area contributed by atoms with E-state index in [1.165, 1.54) is 0 Å². The van der Waals surface area contributed by atoms with Gasteiger partial charge >= 0.3 is 0 Å². The fourth-order valence-electron chi connectivity index (χ4n) is 1.49. The second-order valence-corrected chi connectivity index (χ2v) is 3.69. The Morgan fingerprint density at radius 2 is 1.89 bits per heavy atom. The van der Waals surface area contributed by atoms with Crippen LogP contribution in [-0.2, 0) is 0 Å². The van der Waals surface area contributed by atoms with Crippen molar-refractivity contribution in [2.75, 3.05) is 7.11 Å². The lowest BCUT2D eigenvalue weighted by molar-refractivity contribution is 0.414. The maximum absolute atomic E-state index is 5.15. The monoisotopic (exact) mass is 262 g/mol. The number of halogens is 1. The number of hydrogen-bond acceptors (Lipinski definition) is 3. The summed E-state index contributed by atoms with van der Waals surface area (Å²) in [7, 11) is 1.66. The molecule has 2 aromatic rings. The van der Waals surface area contributed by atoms with Gasteiger partial charge in [-0.05, 0) is 48.4 Å². The Balaban J connectivity index is 0.00000162. The van der Waals surface area contributed by atoms with Gasteiger partial charge in [0.05, 0.1) is 12.8 Å². The third kappa shape index (κ3) is 3.57. The first-order chi connectivity index (χ1) is 8.29. The molecule has 0 saturated carbocycles. The van der Waals surface area contributed by atoms with E-state index in [1.807, 2.05) is 43.5 Å². The molecule has 3 nitrogen and oxygen atoms in total. The number of rotatable bonds is 3. The minimum atomic E-state index is 0. The normalized spacial score (nSPS) is 10.1. The minimum Gasteiger partial charge on any atom is -0.497 e. The third-order valence-corrected chi connectivity index (χ3v) is 2.46. The Bertz CT molecular complexity index is 527. The molecule has 0 N–H and O–H groups in total. The van der Waals surface area contributed by atoms with Crippen LogP contribution in [0.2, 0.25) is 0 Å². The number of aryl methyl sites for hydroxylation is 1. The van der Waals surface area contributed by atoms with Crippen molar-refractivity contribution in [3.05, 3.63) is 53.9 Å². The molecule has 0 saturated heterocycles. The molecule has 0 radical (unpaired) electrons. The molecular formula is C14H15ClN2O. The first-order valence-corrected chi connectivity index (χ1v) is 5.38. The zero-order valence-corrected chi connectivity index (χ0v) is 11.1. The molecule has 1 heterocycles. The highest BCUT2D eigenvalue weighted by atomic mass is 35.5. The molecule has 4 heteroatoms. The van der Waals surface area contributed by atoms with Crippen LogP contribution in [-0.4, -0.2) is 18.3 Å². The number of benzene rings is 1. The molecule has 0 aliphatic carbocycles. The van der Waals surface area contributed by atoms with E-state index in [2.05, 4.69) is 9.98 Å². The summed E-state index contributed by atoms with van der Waals surface area (Å²) in [6, 6.07) is 9.67. The fraction of sp³-hybridized carbons (Fsp3) is 0.143. The van der Waals surface area contributed by atoms with Crippen LogP contribution in [0.15, 0.2) is 47.7 Å². The van der Waals surface area contributed by atoms with Crippen molar-refractivity contribution < 1.29 is 4.74 Å². The Morgan fingerprint density at radius 3 is 2.50 bits per heavy atom. The van der Waals surface area contributed by atoms with E-state index in [9.17, 15) is 0 Å². The quantitative estimate of drug-likeness (QED) is 0.793. The van der Waals surface area contributed by atoms with Crippen molar-refractivity contribution in [2.45, 2.75) is 6.92 Å². The molecule has 0 bridgehead atoms. The second-order valence-electron chi connectivity index (χ2n) is 3.69. The summed E-state index contributed by atoms with van der Waals surface area (Å²) in [5.74, 6) is 0.852. The van der Waals surface area contributed by atoms with Crippen molar-refractivity contribution in [3.8, 4) is 5.75 Å². The van der Waals surface area contributed by atoms with Gasteiger partial charge in [-0.3, -0.25) is 9.98 Å². The summed E-state index contributed by atoms with van der Waals surface area (Å²) in [6.45, 7) is 2.02. The average molecular weight is 263 g/mol. The molecule has 18 heavy (non-hydrogen) atoms. The first-order valence-electron chi connectivity index (χ1n) is 5.38. The van der Waals surface area contributed by atoms with E-state index in [1.54, 1.807) is 19.5 Å². The van der Waals surface area contributed by atoms with Gasteiger partial charge in [0.2, 0.25) is 0 Å². The molecule has 0 aliphatic rings. The van der Waals surface area contributed by atoms with E-state index in [4.69, 9.17) is 4.74 Å². The molecule has 0 atom stereocenters. The average Bonchev–Trinajstić information content (AvgIpc) is 2.38. The lowest BCUT2D eigenvalue weighted by Crippen LogP contribution is -1.84. The molecule has 94 valence electrons. The number of aliphatic imine (C=N–C) groups is 1. The van der Waals surface area contributed by atoms with E-state index in [-0.39, 0.29) is 12.4 Å². The predicted octanol–water partition coefficient (Wildman–Crippen LogP) is 3.57. The number of pyridine rings is 1. The molecule has 0 spiro atoms. The highest BCUT2D eigenvalue weighted by Gasteiger charge is 1.97. The van der Waals surface area contributed by atoms with E-state index >= 15 is 0 Å². The van der Waals surface area contributed by atoms with Gasteiger partial charge in [-0.15, -0.1) is 12.4 Å². The third-order valence-electron chi connectivity index (χ3n) is 2.46. The van der Waals surface area contributed by atoms with Gasteiger partial charge in [-0.2, -0.15) is 0 Å². The van der Waals surface area contributed by atoms with Gasteiger partial charge in [-0.1, -0.05) is 0 Å². The van der Waals surface area contributed by atoms with Crippen LogP contribution >= 0.6 is 12.4 Å². The van der Waals surface area contributed by atoms with Crippen LogP contribution in [0.5, 0.6) is 5.75 Å². The van der Waals surface area contributed by atoms with Gasteiger partial charge in [-0.25, -0.2) is 0 Å². The van der Waals surface area contributed by atoms with Crippen LogP contribution in [0.1, 0.15) is 11.1 Å². The van der Waals surface area contributed by atoms with Crippen LogP contribution < -0.4 is 4.74 Å². The number of ether oxygens (including phenoxy) is 1. The largest absolute Gasteiger partial charge is 0.497 e. The Labute approximate surface area is 113 Å². The summed E-state index contributed by atoms with van der Waals surface area (Å²) in [6.07, 6.45) is 5.33. The van der Waals surface area contributed by atoms with E-state index in [0.717, 1.165) is 22.6 Å². The zero-order chi connectivity index (χ0) is 12.1. The standard InChI is InChI=1S/C14H14N2O.ClH/c1-11-9-13(17-2)3-4-14(11)16-10-12-5-7-15-8-6-12;/h3-10H,1-2H3;1H. The van der Waals surface area contributed by atoms with Gasteiger partial charge < -0.3 is 4.74 Å². The molecular weight excluding hydrogens is 248 g/mol. The topological polar surface area (TPSA) is 34.5 Å². The summed E-state index contributed by atoms with van der Waals surface area (Å²) in [4.78, 5) is 8.41. The minimum absolute atomic E-state index is 0. The van der Waals surface area contributed by atoms with Crippen molar-refractivity contribution in [1.29, 1.82) is 0 Å². The van der Waals surface area contributed by atoms with E-state index < -0.39 is 0 Å². The maximum atomic E-state index is 5.15. The number of methoxy groups -OCH3 is 1. The van der Waals surface area contributed by atoms with E-state index in [0.29, 0.717) is 0 Å². The zero-order valence-electron chi connectivity index (χ0n) is 10.3. The molecule has 0 amide bonds. The SMILES string of the molecule is COc1ccc(N=Cc2ccncc2)c(C)c1.Cl. The second kappa shape index (κ2) is 6.77. The van der Waals surface area contributed by atoms with Crippen molar-refractivity contribution >= 4 is 24.3 Å². The summed E-state index contributed by atoms with van der Waals surface area (Å²) in [5, 5.41) is 0. The van der Waals surface area contributed by atoms with Crippen molar-refractivity contribution in [3.63, 3.8) is 0 Å². The molecule has 0 fully saturated rings. The van der Waals surface area contributed by atoms with Gasteiger partial charge in [0.1, 0.15) is 5.75 Å². The summed E-state index contributed by atoms with van der Waals surface area (Å²) >= 11 is 0. The van der Waals surface area contributed by atoms with Crippen LogP contribution in [0.25, 0.3) is 0 Å². The highest BCUT2D eigenvalue weighted by Crippen LogP contribution is 2.23. The molecule has 0 unspecified atom stereocenters. The Morgan fingerprint density at radius 1 is 1.17 bits per heavy atom. The Kier molecular flexibility index (Phi) is 5.33. The number of nitrogens with zero attached hydrogens (tertiary/aromatic N) is 2. The molecule has 0 aliphatic heterocycles. The van der Waals surface area contributed by atoms with Crippen molar-refractivity contribution in [1.82, 2.24) is 4.98 Å². The van der Waals surface area contributed by atoms with Gasteiger partial charge in [0.25, 0.3) is 0 Å². The summed E-state index contributed by atoms with van der Waals surface area (Å²) < 4.78 is 5.15. The predicted molar refractivity (Wildman–Crippen MR) is 76.5 cm³/mol. The maximum Gasteiger partial charge on any atom is 0.119 e. The fourth-order valence-corrected chi connectivity index (χ4v) is 1.49. The molecule has 1 aromatic heterocycles. The van der Waals surface area contributed by atoms with Gasteiger partial charge in [0.15, 0.2) is 0 Å². The number of hydrogen-bond donors (Lipinski definition) is 0. The number of aromatic nitrogens is 1. The van der Waals surface area contributed by atoms with Crippen LogP contribution in [0, 0.1) is 6.92 Å². The first kappa shape index (κ1) is 14.2. The smallest absolute Gasteiger partial charge is 0.119 e. The molecule has 1 aromatic carbocycles. The summed E-state index contributed by atoms with van der Waals surface area (Å²) in [5.41, 5.74) is 3.08. The molecule has 2 rings (SSSR count). The van der Waals surface area contributed by atoms with Crippen molar-refractivity contribution in [2.24, 2.45) is 4.99 Å². The lowest BCUT2D eigenvalue weighted by Gasteiger charge is -2.03.